The predicted molar refractivity (Wildman–Crippen MR) is 116 cm³/mol. The van der Waals surface area contributed by atoms with E-state index in [1.807, 2.05) is 13.0 Å². The number of ether oxygens (including phenoxy) is 3. The van der Waals surface area contributed by atoms with E-state index in [-0.39, 0.29) is 12.6 Å². The molecule has 3 rings (SSSR count). The van der Waals surface area contributed by atoms with Crippen molar-refractivity contribution in [1.29, 1.82) is 0 Å². The molecule has 1 aromatic rings. The summed E-state index contributed by atoms with van der Waals surface area (Å²) >= 11 is 0. The largest absolute Gasteiger partial charge is 0.493 e. The van der Waals surface area contributed by atoms with E-state index in [1.54, 1.807) is 26.2 Å². The van der Waals surface area contributed by atoms with Crippen LogP contribution in [0, 0.1) is 0 Å². The van der Waals surface area contributed by atoms with E-state index >= 15 is 0 Å². The number of methoxy groups -OCH3 is 1. The van der Waals surface area contributed by atoms with Gasteiger partial charge < -0.3 is 29.7 Å². The van der Waals surface area contributed by atoms with Gasteiger partial charge in [0, 0.05) is 38.4 Å². The van der Waals surface area contributed by atoms with Crippen LogP contribution in [0.1, 0.15) is 25.5 Å². The van der Waals surface area contributed by atoms with Crippen LogP contribution in [0.25, 0.3) is 0 Å². The Morgan fingerprint density at radius 1 is 1.13 bits per heavy atom. The summed E-state index contributed by atoms with van der Waals surface area (Å²) < 4.78 is 16.4. The third-order valence-corrected chi connectivity index (χ3v) is 5.45. The lowest BCUT2D eigenvalue weighted by atomic mass is 9.94. The van der Waals surface area contributed by atoms with Crippen molar-refractivity contribution in [2.75, 3.05) is 60.1 Å². The number of nitrogens with one attached hydrogen (secondary N) is 2. The van der Waals surface area contributed by atoms with Gasteiger partial charge in [-0.2, -0.15) is 0 Å². The average Bonchev–Trinajstić information content (AvgIpc) is 2.75. The molecule has 0 aromatic heterocycles. The van der Waals surface area contributed by atoms with Gasteiger partial charge in [0.05, 0.1) is 31.9 Å². The van der Waals surface area contributed by atoms with Crippen molar-refractivity contribution < 1.29 is 23.8 Å². The first-order valence-electron chi connectivity index (χ1n) is 10.7. The SMILES string of the molecule is CCOC(=O)C1=C(CN2CCN(C)CC2)NC(=O)N[C@@H]1c1ccc(OCC)c(OC)c1. The van der Waals surface area contributed by atoms with E-state index in [0.29, 0.717) is 41.5 Å². The molecule has 9 heteroatoms. The van der Waals surface area contributed by atoms with E-state index in [2.05, 4.69) is 27.5 Å². The fourth-order valence-electron chi connectivity index (χ4n) is 3.81. The van der Waals surface area contributed by atoms with E-state index in [4.69, 9.17) is 14.2 Å². The highest BCUT2D eigenvalue weighted by Gasteiger charge is 2.35. The topological polar surface area (TPSA) is 92.4 Å². The molecular weight excluding hydrogens is 400 g/mol. The summed E-state index contributed by atoms with van der Waals surface area (Å²) in [5.74, 6) is 0.696. The lowest BCUT2D eigenvalue weighted by molar-refractivity contribution is -0.139. The van der Waals surface area contributed by atoms with Crippen LogP contribution in [0.2, 0.25) is 0 Å². The first-order chi connectivity index (χ1) is 15.0. The summed E-state index contributed by atoms with van der Waals surface area (Å²) in [6.07, 6.45) is 0. The maximum atomic E-state index is 13.0. The van der Waals surface area contributed by atoms with Crippen molar-refractivity contribution in [2.45, 2.75) is 19.9 Å². The molecule has 2 heterocycles. The van der Waals surface area contributed by atoms with Gasteiger partial charge in [-0.25, -0.2) is 9.59 Å². The van der Waals surface area contributed by atoms with Crippen molar-refractivity contribution in [1.82, 2.24) is 20.4 Å². The van der Waals surface area contributed by atoms with Crippen molar-refractivity contribution >= 4 is 12.0 Å². The summed E-state index contributed by atoms with van der Waals surface area (Å²) in [7, 11) is 3.64. The van der Waals surface area contributed by atoms with Gasteiger partial charge in [-0.05, 0) is 38.6 Å². The fourth-order valence-corrected chi connectivity index (χ4v) is 3.81. The highest BCUT2D eigenvalue weighted by molar-refractivity contribution is 5.95. The minimum Gasteiger partial charge on any atom is -0.493 e. The molecule has 0 spiro atoms. The zero-order valence-corrected chi connectivity index (χ0v) is 18.7. The zero-order chi connectivity index (χ0) is 22.4. The second-order valence-electron chi connectivity index (χ2n) is 7.57. The third-order valence-electron chi connectivity index (χ3n) is 5.45. The summed E-state index contributed by atoms with van der Waals surface area (Å²) in [4.78, 5) is 30.0. The lowest BCUT2D eigenvalue weighted by Gasteiger charge is -2.35. The molecule has 1 saturated heterocycles. The molecule has 1 atom stereocenters. The number of amides is 2. The van der Waals surface area contributed by atoms with E-state index < -0.39 is 12.0 Å². The molecule has 0 aliphatic carbocycles. The van der Waals surface area contributed by atoms with Crippen LogP contribution in [-0.4, -0.2) is 81.9 Å². The normalized spacial score (nSPS) is 20.1. The van der Waals surface area contributed by atoms with E-state index in [9.17, 15) is 9.59 Å². The monoisotopic (exact) mass is 432 g/mol. The second-order valence-corrected chi connectivity index (χ2v) is 7.57. The number of carbonyl (C=O) groups is 2. The number of benzene rings is 1. The number of likely N-dealkylation sites (N-methyl/N-ethyl adjacent to an activating group) is 1. The Labute approximate surface area is 183 Å². The average molecular weight is 433 g/mol. The minimum absolute atomic E-state index is 0.247. The van der Waals surface area contributed by atoms with Gasteiger partial charge >= 0.3 is 12.0 Å². The molecular formula is C22H32N4O5. The Morgan fingerprint density at radius 2 is 1.87 bits per heavy atom. The molecule has 2 aliphatic rings. The first kappa shape index (κ1) is 22.9. The predicted octanol–water partition coefficient (Wildman–Crippen LogP) is 1.51. The highest BCUT2D eigenvalue weighted by atomic mass is 16.5. The fraction of sp³-hybridized carbons (Fsp3) is 0.545. The van der Waals surface area contributed by atoms with Gasteiger partial charge in [-0.15, -0.1) is 0 Å². The van der Waals surface area contributed by atoms with Crippen molar-refractivity contribution in [3.63, 3.8) is 0 Å². The van der Waals surface area contributed by atoms with Gasteiger partial charge in [0.25, 0.3) is 0 Å². The molecule has 2 amide bonds. The molecule has 0 bridgehead atoms. The van der Waals surface area contributed by atoms with E-state index in [1.165, 1.54) is 0 Å². The Morgan fingerprint density at radius 3 is 2.52 bits per heavy atom. The number of rotatable bonds is 8. The quantitative estimate of drug-likeness (QED) is 0.602. The van der Waals surface area contributed by atoms with Crippen LogP contribution >= 0.6 is 0 Å². The summed E-state index contributed by atoms with van der Waals surface area (Å²) in [6, 6.07) is 4.40. The smallest absolute Gasteiger partial charge is 0.338 e. The Hall–Kier alpha value is -2.78. The van der Waals surface area contributed by atoms with Crippen molar-refractivity contribution in [3.05, 3.63) is 35.0 Å². The maximum Gasteiger partial charge on any atom is 0.338 e. The summed E-state index contributed by atoms with van der Waals surface area (Å²) in [5, 5.41) is 5.71. The number of urea groups is 1. The molecule has 2 aliphatic heterocycles. The van der Waals surface area contributed by atoms with Crippen LogP contribution in [0.4, 0.5) is 4.79 Å². The zero-order valence-electron chi connectivity index (χ0n) is 18.7. The number of esters is 1. The number of nitrogens with zero attached hydrogens (tertiary/aromatic N) is 2. The highest BCUT2D eigenvalue weighted by Crippen LogP contribution is 2.34. The summed E-state index contributed by atoms with van der Waals surface area (Å²) in [5.41, 5.74) is 1.70. The van der Waals surface area contributed by atoms with Crippen LogP contribution in [0.3, 0.4) is 0 Å². The third kappa shape index (κ3) is 5.48. The molecule has 0 unspecified atom stereocenters. The van der Waals surface area contributed by atoms with Crippen LogP contribution in [0.15, 0.2) is 29.5 Å². The van der Waals surface area contributed by atoms with Gasteiger partial charge in [-0.1, -0.05) is 6.07 Å². The number of hydrogen-bond acceptors (Lipinski definition) is 7. The number of piperazine rings is 1. The van der Waals surface area contributed by atoms with Crippen LogP contribution in [0.5, 0.6) is 11.5 Å². The van der Waals surface area contributed by atoms with Gasteiger partial charge in [0.1, 0.15) is 0 Å². The molecule has 0 radical (unpaired) electrons. The summed E-state index contributed by atoms with van der Waals surface area (Å²) in [6.45, 7) is 8.48. The Balaban J connectivity index is 1.98. The van der Waals surface area contributed by atoms with Crippen LogP contribution in [-0.2, 0) is 9.53 Å². The second kappa shape index (κ2) is 10.5. The molecule has 31 heavy (non-hydrogen) atoms. The number of hydrogen-bond donors (Lipinski definition) is 2. The standard InChI is InChI=1S/C22H32N4O5/c1-5-30-17-8-7-15(13-18(17)29-4)20-19(21(27)31-6-2)16(23-22(28)24-20)14-26-11-9-25(3)10-12-26/h7-8,13,20H,5-6,9-12,14H2,1-4H3,(H2,23,24,28)/t20-/m1/s1. The van der Waals surface area contributed by atoms with Crippen molar-refractivity contribution in [2.24, 2.45) is 0 Å². The molecule has 1 aromatic carbocycles. The molecule has 0 saturated carbocycles. The molecule has 1 fully saturated rings. The van der Waals surface area contributed by atoms with Crippen LogP contribution < -0.4 is 20.1 Å². The first-order valence-corrected chi connectivity index (χ1v) is 10.7. The van der Waals surface area contributed by atoms with Gasteiger partial charge in [0.15, 0.2) is 11.5 Å². The molecule has 2 N–H and O–H groups in total. The van der Waals surface area contributed by atoms with E-state index in [0.717, 1.165) is 26.2 Å². The Bertz CT molecular complexity index is 833. The minimum atomic E-state index is -0.653. The van der Waals surface area contributed by atoms with Gasteiger partial charge in [-0.3, -0.25) is 4.90 Å². The van der Waals surface area contributed by atoms with Gasteiger partial charge in [0.2, 0.25) is 0 Å². The molecule has 9 nitrogen and oxygen atoms in total. The Kier molecular flexibility index (Phi) is 7.75. The molecule has 170 valence electrons. The van der Waals surface area contributed by atoms with Crippen molar-refractivity contribution in [3.8, 4) is 11.5 Å². The lowest BCUT2D eigenvalue weighted by Crippen LogP contribution is -2.51. The number of carbonyl (C=O) groups excluding carboxylic acids is 2. The maximum absolute atomic E-state index is 13.0.